The SMILES string of the molecule is CN=C(NCc1ccc(NC(=O)OC)cc1)N1CCN(c2ccccc2)CC1.I. The lowest BCUT2D eigenvalue weighted by atomic mass is 10.2. The smallest absolute Gasteiger partial charge is 0.411 e. The van der Waals surface area contributed by atoms with Crippen LogP contribution in [0.1, 0.15) is 5.56 Å². The van der Waals surface area contributed by atoms with E-state index in [1.54, 1.807) is 0 Å². The minimum absolute atomic E-state index is 0. The predicted octanol–water partition coefficient (Wildman–Crippen LogP) is 3.38. The molecule has 1 fully saturated rings. The van der Waals surface area contributed by atoms with E-state index in [4.69, 9.17) is 0 Å². The summed E-state index contributed by atoms with van der Waals surface area (Å²) >= 11 is 0. The van der Waals surface area contributed by atoms with Crippen molar-refractivity contribution in [2.45, 2.75) is 6.54 Å². The van der Waals surface area contributed by atoms with Gasteiger partial charge in [-0.15, -0.1) is 24.0 Å². The Morgan fingerprint density at radius 1 is 1.03 bits per heavy atom. The summed E-state index contributed by atoms with van der Waals surface area (Å²) in [6, 6.07) is 18.2. The minimum Gasteiger partial charge on any atom is -0.453 e. The third-order valence-electron chi connectivity index (χ3n) is 4.75. The van der Waals surface area contributed by atoms with Crippen LogP contribution in [0.25, 0.3) is 0 Å². The van der Waals surface area contributed by atoms with Crippen molar-refractivity contribution in [3.63, 3.8) is 0 Å². The summed E-state index contributed by atoms with van der Waals surface area (Å²) in [4.78, 5) is 20.4. The van der Waals surface area contributed by atoms with Gasteiger partial charge in [-0.25, -0.2) is 4.79 Å². The summed E-state index contributed by atoms with van der Waals surface area (Å²) in [5.74, 6) is 0.907. The van der Waals surface area contributed by atoms with Crippen LogP contribution in [0.15, 0.2) is 59.6 Å². The standard InChI is InChI=1S/C21H27N5O2.HI/c1-22-20(23-16-17-8-10-18(11-9-17)24-21(27)28-2)26-14-12-25(13-15-26)19-6-4-3-5-7-19;/h3-11H,12-16H2,1-2H3,(H,22,23)(H,24,27);1H. The number of para-hydroxylation sites is 1. The van der Waals surface area contributed by atoms with E-state index in [0.29, 0.717) is 12.2 Å². The Labute approximate surface area is 189 Å². The van der Waals surface area contributed by atoms with Gasteiger partial charge in [-0.2, -0.15) is 0 Å². The van der Waals surface area contributed by atoms with E-state index in [-0.39, 0.29) is 24.0 Å². The monoisotopic (exact) mass is 509 g/mol. The summed E-state index contributed by atoms with van der Waals surface area (Å²) in [6.45, 7) is 4.47. The Balaban J connectivity index is 0.00000300. The molecule has 156 valence electrons. The van der Waals surface area contributed by atoms with Gasteiger partial charge in [0.15, 0.2) is 5.96 Å². The summed E-state index contributed by atoms with van der Waals surface area (Å²) in [6.07, 6.45) is -0.471. The van der Waals surface area contributed by atoms with Crippen LogP contribution in [0.2, 0.25) is 0 Å². The quantitative estimate of drug-likeness (QED) is 0.376. The molecule has 1 aliphatic rings. The highest BCUT2D eigenvalue weighted by molar-refractivity contribution is 14.0. The Kier molecular flexibility index (Phi) is 9.04. The zero-order chi connectivity index (χ0) is 19.8. The molecule has 2 aromatic rings. The van der Waals surface area contributed by atoms with Crippen LogP contribution in [-0.4, -0.2) is 57.3 Å². The molecule has 0 atom stereocenters. The van der Waals surface area contributed by atoms with Gasteiger partial charge < -0.3 is 19.9 Å². The molecule has 1 aliphatic heterocycles. The third-order valence-corrected chi connectivity index (χ3v) is 4.75. The predicted molar refractivity (Wildman–Crippen MR) is 128 cm³/mol. The van der Waals surface area contributed by atoms with Crippen molar-refractivity contribution in [3.8, 4) is 0 Å². The van der Waals surface area contributed by atoms with Crippen LogP contribution < -0.4 is 15.5 Å². The number of nitrogens with one attached hydrogen (secondary N) is 2. The fourth-order valence-electron chi connectivity index (χ4n) is 3.20. The average molecular weight is 509 g/mol. The van der Waals surface area contributed by atoms with Crippen LogP contribution >= 0.6 is 24.0 Å². The second kappa shape index (κ2) is 11.5. The lowest BCUT2D eigenvalue weighted by Gasteiger charge is -2.37. The number of carbonyl (C=O) groups is 1. The molecule has 0 spiro atoms. The van der Waals surface area contributed by atoms with Crippen LogP contribution in [0, 0.1) is 0 Å². The first kappa shape index (κ1) is 22.8. The topological polar surface area (TPSA) is 69.2 Å². The number of benzene rings is 2. The zero-order valence-electron chi connectivity index (χ0n) is 16.8. The Bertz CT molecular complexity index is 790. The van der Waals surface area contributed by atoms with Crippen molar-refractivity contribution >= 4 is 47.4 Å². The first-order valence-corrected chi connectivity index (χ1v) is 9.39. The number of halogens is 1. The molecular formula is C21H28IN5O2. The number of ether oxygens (including phenoxy) is 1. The van der Waals surface area contributed by atoms with Crippen LogP contribution in [0.4, 0.5) is 16.2 Å². The van der Waals surface area contributed by atoms with Crippen molar-refractivity contribution in [1.82, 2.24) is 10.2 Å². The Morgan fingerprint density at radius 2 is 1.69 bits per heavy atom. The molecule has 0 radical (unpaired) electrons. The first-order valence-electron chi connectivity index (χ1n) is 9.39. The number of hydrogen-bond donors (Lipinski definition) is 2. The van der Waals surface area contributed by atoms with Crippen molar-refractivity contribution in [2.75, 3.05) is 50.6 Å². The molecule has 0 unspecified atom stereocenters. The lowest BCUT2D eigenvalue weighted by molar-refractivity contribution is 0.187. The third kappa shape index (κ3) is 6.52. The highest BCUT2D eigenvalue weighted by atomic mass is 127. The fraction of sp³-hybridized carbons (Fsp3) is 0.333. The second-order valence-electron chi connectivity index (χ2n) is 6.52. The average Bonchev–Trinajstić information content (AvgIpc) is 2.76. The second-order valence-corrected chi connectivity index (χ2v) is 6.52. The van der Waals surface area contributed by atoms with Crippen molar-refractivity contribution in [2.24, 2.45) is 4.99 Å². The number of carbonyl (C=O) groups excluding carboxylic acids is 1. The Hall–Kier alpha value is -2.49. The molecule has 3 rings (SSSR count). The van der Waals surface area contributed by atoms with E-state index in [2.05, 4.69) is 54.4 Å². The molecule has 8 heteroatoms. The lowest BCUT2D eigenvalue weighted by Crippen LogP contribution is -2.52. The number of anilines is 2. The molecule has 0 saturated carbocycles. The van der Waals surface area contributed by atoms with Crippen molar-refractivity contribution in [3.05, 3.63) is 60.2 Å². The maximum atomic E-state index is 11.2. The molecule has 2 N–H and O–H groups in total. The van der Waals surface area contributed by atoms with Crippen molar-refractivity contribution < 1.29 is 9.53 Å². The summed E-state index contributed by atoms with van der Waals surface area (Å²) in [7, 11) is 3.16. The summed E-state index contributed by atoms with van der Waals surface area (Å²) < 4.78 is 4.59. The van der Waals surface area contributed by atoms with E-state index >= 15 is 0 Å². The number of methoxy groups -OCH3 is 1. The molecule has 7 nitrogen and oxygen atoms in total. The number of aliphatic imine (C=N–C) groups is 1. The molecule has 0 aromatic heterocycles. The van der Waals surface area contributed by atoms with E-state index in [1.807, 2.05) is 37.4 Å². The van der Waals surface area contributed by atoms with E-state index < -0.39 is 6.09 Å². The molecule has 2 aromatic carbocycles. The highest BCUT2D eigenvalue weighted by Crippen LogP contribution is 2.16. The van der Waals surface area contributed by atoms with Gasteiger partial charge in [-0.05, 0) is 29.8 Å². The van der Waals surface area contributed by atoms with Gasteiger partial charge in [0.25, 0.3) is 0 Å². The van der Waals surface area contributed by atoms with Gasteiger partial charge in [-0.1, -0.05) is 30.3 Å². The van der Waals surface area contributed by atoms with Gasteiger partial charge in [-0.3, -0.25) is 10.3 Å². The molecule has 1 heterocycles. The first-order chi connectivity index (χ1) is 13.7. The van der Waals surface area contributed by atoms with E-state index in [1.165, 1.54) is 12.8 Å². The fourth-order valence-corrected chi connectivity index (χ4v) is 3.20. The maximum absolute atomic E-state index is 11.2. The van der Waals surface area contributed by atoms with Gasteiger partial charge in [0.1, 0.15) is 0 Å². The van der Waals surface area contributed by atoms with Gasteiger partial charge >= 0.3 is 6.09 Å². The largest absolute Gasteiger partial charge is 0.453 e. The van der Waals surface area contributed by atoms with Crippen LogP contribution in [0.5, 0.6) is 0 Å². The number of rotatable bonds is 4. The van der Waals surface area contributed by atoms with Crippen LogP contribution in [-0.2, 0) is 11.3 Å². The molecule has 0 aliphatic carbocycles. The van der Waals surface area contributed by atoms with Gasteiger partial charge in [0.2, 0.25) is 0 Å². The minimum atomic E-state index is -0.471. The number of piperazine rings is 1. The van der Waals surface area contributed by atoms with Gasteiger partial charge in [0.05, 0.1) is 7.11 Å². The number of nitrogens with zero attached hydrogens (tertiary/aromatic N) is 3. The van der Waals surface area contributed by atoms with Crippen molar-refractivity contribution in [1.29, 1.82) is 0 Å². The molecule has 29 heavy (non-hydrogen) atoms. The highest BCUT2D eigenvalue weighted by Gasteiger charge is 2.19. The number of amides is 1. The van der Waals surface area contributed by atoms with Crippen LogP contribution in [0.3, 0.4) is 0 Å². The van der Waals surface area contributed by atoms with E-state index in [0.717, 1.165) is 37.7 Å². The number of hydrogen-bond acceptors (Lipinski definition) is 4. The number of guanidine groups is 1. The molecule has 1 amide bonds. The summed E-state index contributed by atoms with van der Waals surface area (Å²) in [5.41, 5.74) is 3.09. The van der Waals surface area contributed by atoms with Gasteiger partial charge in [0, 0.05) is 51.1 Å². The molecular weight excluding hydrogens is 481 g/mol. The summed E-state index contributed by atoms with van der Waals surface area (Å²) in [5, 5.41) is 6.07. The Morgan fingerprint density at radius 3 is 2.28 bits per heavy atom. The zero-order valence-corrected chi connectivity index (χ0v) is 19.1. The molecule has 1 saturated heterocycles. The molecule has 0 bridgehead atoms. The maximum Gasteiger partial charge on any atom is 0.411 e. The normalized spacial score (nSPS) is 14.1. The van der Waals surface area contributed by atoms with E-state index in [9.17, 15) is 4.79 Å².